The molecule has 0 bridgehead atoms. The van der Waals surface area contributed by atoms with Gasteiger partial charge < -0.3 is 10.5 Å². The highest BCUT2D eigenvalue weighted by Gasteiger charge is 2.15. The lowest BCUT2D eigenvalue weighted by Gasteiger charge is -2.17. The zero-order valence-corrected chi connectivity index (χ0v) is 13.1. The van der Waals surface area contributed by atoms with E-state index in [-0.39, 0.29) is 6.04 Å². The van der Waals surface area contributed by atoms with E-state index in [1.807, 2.05) is 43.3 Å². The number of ether oxygens (including phenoxy) is 1. The smallest absolute Gasteiger partial charge is 0.124 e. The first-order valence-corrected chi connectivity index (χ1v) is 7.04. The van der Waals surface area contributed by atoms with Crippen molar-refractivity contribution in [1.82, 2.24) is 0 Å². The van der Waals surface area contributed by atoms with Gasteiger partial charge in [-0.05, 0) is 48.4 Å². The number of aryl methyl sites for hydroxylation is 1. The summed E-state index contributed by atoms with van der Waals surface area (Å²) in [6.07, 6.45) is 0. The van der Waals surface area contributed by atoms with E-state index in [1.54, 1.807) is 7.11 Å². The molecule has 0 aromatic heterocycles. The highest BCUT2D eigenvalue weighted by atomic mass is 79.9. The number of methoxy groups -OCH3 is 1. The number of nitrogens with two attached hydrogens (primary N) is 1. The molecule has 0 aliphatic carbocycles. The Bertz CT molecular complexity index is 580. The Hall–Kier alpha value is -1.03. The summed E-state index contributed by atoms with van der Waals surface area (Å²) in [6.45, 7) is 2.00. The molecular formula is C15H15BrClNO. The van der Waals surface area contributed by atoms with Crippen molar-refractivity contribution in [1.29, 1.82) is 0 Å². The molecule has 1 unspecified atom stereocenters. The minimum atomic E-state index is -0.273. The molecule has 19 heavy (non-hydrogen) atoms. The zero-order valence-electron chi connectivity index (χ0n) is 10.8. The maximum absolute atomic E-state index is 6.34. The van der Waals surface area contributed by atoms with E-state index in [1.165, 1.54) is 0 Å². The van der Waals surface area contributed by atoms with Crippen LogP contribution in [0.5, 0.6) is 5.75 Å². The summed E-state index contributed by atoms with van der Waals surface area (Å²) < 4.78 is 6.34. The molecule has 0 aliphatic rings. The van der Waals surface area contributed by atoms with Crippen molar-refractivity contribution < 1.29 is 4.74 Å². The van der Waals surface area contributed by atoms with E-state index < -0.39 is 0 Å². The van der Waals surface area contributed by atoms with Crippen molar-refractivity contribution in [3.05, 3.63) is 62.6 Å². The molecule has 0 fully saturated rings. The molecular weight excluding hydrogens is 326 g/mol. The summed E-state index contributed by atoms with van der Waals surface area (Å²) in [6, 6.07) is 11.4. The summed E-state index contributed by atoms with van der Waals surface area (Å²) in [7, 11) is 1.64. The SMILES string of the molecule is COc1ccc(Br)cc1C(N)c1cc(C)cc(Cl)c1. The summed E-state index contributed by atoms with van der Waals surface area (Å²) >= 11 is 9.55. The molecule has 1 atom stereocenters. The maximum atomic E-state index is 6.34. The summed E-state index contributed by atoms with van der Waals surface area (Å²) in [5.41, 5.74) is 9.33. The second kappa shape index (κ2) is 5.95. The molecule has 2 nitrogen and oxygen atoms in total. The van der Waals surface area contributed by atoms with Crippen molar-refractivity contribution >= 4 is 27.5 Å². The molecule has 0 heterocycles. The highest BCUT2D eigenvalue weighted by molar-refractivity contribution is 9.10. The quantitative estimate of drug-likeness (QED) is 0.895. The number of hydrogen-bond donors (Lipinski definition) is 1. The van der Waals surface area contributed by atoms with Gasteiger partial charge in [0.1, 0.15) is 5.75 Å². The summed E-state index contributed by atoms with van der Waals surface area (Å²) in [5, 5.41) is 0.694. The first kappa shape index (κ1) is 14.4. The zero-order chi connectivity index (χ0) is 14.0. The molecule has 0 amide bonds. The second-order valence-electron chi connectivity index (χ2n) is 4.43. The lowest BCUT2D eigenvalue weighted by molar-refractivity contribution is 0.407. The van der Waals surface area contributed by atoms with E-state index in [0.29, 0.717) is 5.02 Å². The van der Waals surface area contributed by atoms with Gasteiger partial charge in [-0.1, -0.05) is 33.6 Å². The molecule has 100 valence electrons. The average Bonchev–Trinajstić information content (AvgIpc) is 2.36. The maximum Gasteiger partial charge on any atom is 0.124 e. The van der Waals surface area contributed by atoms with Crippen LogP contribution in [0.15, 0.2) is 40.9 Å². The van der Waals surface area contributed by atoms with Crippen LogP contribution in [0, 0.1) is 6.92 Å². The van der Waals surface area contributed by atoms with Crippen LogP contribution in [0.4, 0.5) is 0 Å². The van der Waals surface area contributed by atoms with Crippen LogP contribution in [0.1, 0.15) is 22.7 Å². The third kappa shape index (κ3) is 3.30. The predicted octanol–water partition coefficient (Wildman–Crippen LogP) is 4.47. The standard InChI is InChI=1S/C15H15BrClNO/c1-9-5-10(7-12(17)6-9)15(18)13-8-11(16)3-4-14(13)19-2/h3-8,15H,18H2,1-2H3. The first-order valence-electron chi connectivity index (χ1n) is 5.87. The molecule has 2 rings (SSSR count). The van der Waals surface area contributed by atoms with Gasteiger partial charge in [0.2, 0.25) is 0 Å². The van der Waals surface area contributed by atoms with Crippen molar-refractivity contribution in [2.45, 2.75) is 13.0 Å². The normalized spacial score (nSPS) is 12.3. The molecule has 0 aliphatic heterocycles. The van der Waals surface area contributed by atoms with Crippen molar-refractivity contribution in [3.63, 3.8) is 0 Å². The van der Waals surface area contributed by atoms with Gasteiger partial charge in [-0.25, -0.2) is 0 Å². The van der Waals surface area contributed by atoms with Crippen LogP contribution >= 0.6 is 27.5 Å². The number of rotatable bonds is 3. The van der Waals surface area contributed by atoms with Crippen LogP contribution in [-0.2, 0) is 0 Å². The van der Waals surface area contributed by atoms with Crippen LogP contribution < -0.4 is 10.5 Å². The second-order valence-corrected chi connectivity index (χ2v) is 5.78. The fourth-order valence-corrected chi connectivity index (χ4v) is 2.75. The average molecular weight is 341 g/mol. The van der Waals surface area contributed by atoms with Gasteiger partial charge in [0, 0.05) is 15.1 Å². The fourth-order valence-electron chi connectivity index (χ4n) is 2.07. The van der Waals surface area contributed by atoms with Crippen molar-refractivity contribution in [2.24, 2.45) is 5.73 Å². The molecule has 2 aromatic rings. The predicted molar refractivity (Wildman–Crippen MR) is 82.9 cm³/mol. The minimum absolute atomic E-state index is 0.273. The van der Waals surface area contributed by atoms with Crippen molar-refractivity contribution in [2.75, 3.05) is 7.11 Å². The number of benzene rings is 2. The van der Waals surface area contributed by atoms with Gasteiger partial charge in [0.05, 0.1) is 13.2 Å². The Morgan fingerprint density at radius 1 is 1.21 bits per heavy atom. The largest absolute Gasteiger partial charge is 0.496 e. The number of halogens is 2. The minimum Gasteiger partial charge on any atom is -0.496 e. The first-order chi connectivity index (χ1) is 9.01. The summed E-state index contributed by atoms with van der Waals surface area (Å²) in [4.78, 5) is 0. The Balaban J connectivity index is 2.48. The van der Waals surface area contributed by atoms with E-state index >= 15 is 0 Å². The Kier molecular flexibility index (Phi) is 4.50. The molecule has 2 N–H and O–H groups in total. The van der Waals surface area contributed by atoms with Gasteiger partial charge in [0.15, 0.2) is 0 Å². The lowest BCUT2D eigenvalue weighted by atomic mass is 9.97. The van der Waals surface area contributed by atoms with E-state index in [2.05, 4.69) is 15.9 Å². The van der Waals surface area contributed by atoms with E-state index in [9.17, 15) is 0 Å². The highest BCUT2D eigenvalue weighted by Crippen LogP contribution is 2.32. The molecule has 0 saturated carbocycles. The van der Waals surface area contributed by atoms with E-state index in [4.69, 9.17) is 22.1 Å². The Labute approximate surface area is 126 Å². The third-order valence-corrected chi connectivity index (χ3v) is 3.66. The molecule has 2 aromatic carbocycles. The number of hydrogen-bond acceptors (Lipinski definition) is 2. The van der Waals surface area contributed by atoms with Gasteiger partial charge in [-0.3, -0.25) is 0 Å². The third-order valence-electron chi connectivity index (χ3n) is 2.95. The van der Waals surface area contributed by atoms with Gasteiger partial charge in [-0.15, -0.1) is 0 Å². The van der Waals surface area contributed by atoms with Crippen molar-refractivity contribution in [3.8, 4) is 5.75 Å². The lowest BCUT2D eigenvalue weighted by Crippen LogP contribution is -2.13. The van der Waals surface area contributed by atoms with Gasteiger partial charge in [-0.2, -0.15) is 0 Å². The fraction of sp³-hybridized carbons (Fsp3) is 0.200. The van der Waals surface area contributed by atoms with E-state index in [0.717, 1.165) is 26.9 Å². The van der Waals surface area contributed by atoms with Crippen LogP contribution in [0.3, 0.4) is 0 Å². The van der Waals surface area contributed by atoms with Crippen LogP contribution in [0.2, 0.25) is 5.02 Å². The van der Waals surface area contributed by atoms with Gasteiger partial charge >= 0.3 is 0 Å². The van der Waals surface area contributed by atoms with Crippen LogP contribution in [0.25, 0.3) is 0 Å². The van der Waals surface area contributed by atoms with Crippen LogP contribution in [-0.4, -0.2) is 7.11 Å². The Morgan fingerprint density at radius 3 is 2.58 bits per heavy atom. The topological polar surface area (TPSA) is 35.2 Å². The summed E-state index contributed by atoms with van der Waals surface area (Å²) in [5.74, 6) is 0.772. The molecule has 0 saturated heterocycles. The molecule has 0 spiro atoms. The molecule has 0 radical (unpaired) electrons. The monoisotopic (exact) mass is 339 g/mol. The Morgan fingerprint density at radius 2 is 1.95 bits per heavy atom. The van der Waals surface area contributed by atoms with Gasteiger partial charge in [0.25, 0.3) is 0 Å². The molecule has 4 heteroatoms.